The molecule has 4 nitrogen and oxygen atoms in total. The molecule has 2 aromatic rings. The number of hydrogen-bond donors (Lipinski definition) is 3. The molecule has 5 heteroatoms. The van der Waals surface area contributed by atoms with E-state index in [-0.39, 0.29) is 24.2 Å². The van der Waals surface area contributed by atoms with E-state index in [1.54, 1.807) is 12.1 Å². The van der Waals surface area contributed by atoms with E-state index in [1.807, 2.05) is 0 Å². The molecule has 1 aromatic carbocycles. The zero-order valence-electron chi connectivity index (χ0n) is 11.7. The molecule has 3 rings (SSSR count). The number of carbonyl (C=O) groups excluding carboxylic acids is 1. The lowest BCUT2D eigenvalue weighted by Crippen LogP contribution is -2.35. The van der Waals surface area contributed by atoms with Crippen molar-refractivity contribution < 1.29 is 14.3 Å². The van der Waals surface area contributed by atoms with Gasteiger partial charge < -0.3 is 15.4 Å². The van der Waals surface area contributed by atoms with Gasteiger partial charge >= 0.3 is 0 Å². The summed E-state index contributed by atoms with van der Waals surface area (Å²) in [4.78, 5) is 15.0. The normalized spacial score (nSPS) is 17.2. The molecule has 1 fully saturated rings. The van der Waals surface area contributed by atoms with E-state index in [0.717, 1.165) is 25.7 Å². The Balaban J connectivity index is 1.65. The summed E-state index contributed by atoms with van der Waals surface area (Å²) in [7, 11) is 0. The van der Waals surface area contributed by atoms with E-state index in [1.165, 1.54) is 12.1 Å². The van der Waals surface area contributed by atoms with Gasteiger partial charge in [0.25, 0.3) is 5.91 Å². The number of aromatic amines is 1. The fourth-order valence-electron chi connectivity index (χ4n) is 3.04. The molecule has 0 aliphatic heterocycles. The lowest BCUT2D eigenvalue weighted by atomic mass is 10.0. The summed E-state index contributed by atoms with van der Waals surface area (Å²) >= 11 is 0. The first-order valence-electron chi connectivity index (χ1n) is 7.38. The number of aromatic nitrogens is 1. The van der Waals surface area contributed by atoms with Crippen LogP contribution in [0.5, 0.6) is 0 Å². The Labute approximate surface area is 122 Å². The van der Waals surface area contributed by atoms with E-state index >= 15 is 0 Å². The molecular formula is C16H19FN2O2. The Kier molecular flexibility index (Phi) is 3.92. The molecule has 0 spiro atoms. The number of nitrogens with one attached hydrogen (secondary N) is 2. The molecule has 112 valence electrons. The van der Waals surface area contributed by atoms with Crippen molar-refractivity contribution in [1.82, 2.24) is 10.3 Å². The summed E-state index contributed by atoms with van der Waals surface area (Å²) in [6.45, 7) is 0.237. The largest absolute Gasteiger partial charge is 0.391 e. The maximum Gasteiger partial charge on any atom is 0.267 e. The smallest absolute Gasteiger partial charge is 0.267 e. The Morgan fingerprint density at radius 2 is 2.19 bits per heavy atom. The highest BCUT2D eigenvalue weighted by Crippen LogP contribution is 2.27. The molecule has 0 saturated heterocycles. The van der Waals surface area contributed by atoms with Crippen LogP contribution in [0.2, 0.25) is 0 Å². The summed E-state index contributed by atoms with van der Waals surface area (Å²) < 4.78 is 13.6. The summed E-state index contributed by atoms with van der Waals surface area (Å²) in [6, 6.07) is 6.19. The van der Waals surface area contributed by atoms with Crippen LogP contribution in [0.4, 0.5) is 4.39 Å². The summed E-state index contributed by atoms with van der Waals surface area (Å²) in [5.74, 6) is -0.387. The van der Waals surface area contributed by atoms with Crippen LogP contribution in [-0.4, -0.2) is 28.6 Å². The third-order valence-electron chi connectivity index (χ3n) is 4.27. The van der Waals surface area contributed by atoms with Gasteiger partial charge in [-0.25, -0.2) is 4.39 Å². The number of benzene rings is 1. The van der Waals surface area contributed by atoms with E-state index in [4.69, 9.17) is 0 Å². The van der Waals surface area contributed by atoms with E-state index in [9.17, 15) is 14.3 Å². The van der Waals surface area contributed by atoms with Gasteiger partial charge in [0, 0.05) is 17.4 Å². The van der Waals surface area contributed by atoms with Crippen molar-refractivity contribution in [3.05, 3.63) is 35.8 Å². The molecule has 0 bridgehead atoms. The van der Waals surface area contributed by atoms with Gasteiger partial charge in [0.1, 0.15) is 11.5 Å². The van der Waals surface area contributed by atoms with Crippen LogP contribution in [0, 0.1) is 11.7 Å². The number of halogens is 1. The van der Waals surface area contributed by atoms with Gasteiger partial charge in [-0.15, -0.1) is 0 Å². The first kappa shape index (κ1) is 14.1. The maximum atomic E-state index is 13.6. The summed E-state index contributed by atoms with van der Waals surface area (Å²) in [6.07, 6.45) is 3.84. The molecule has 1 atom stereocenters. The lowest BCUT2D eigenvalue weighted by Gasteiger charge is -2.17. The number of amides is 1. The van der Waals surface area contributed by atoms with Crippen LogP contribution < -0.4 is 5.32 Å². The van der Waals surface area contributed by atoms with Crippen molar-refractivity contribution in [1.29, 1.82) is 0 Å². The first-order valence-corrected chi connectivity index (χ1v) is 7.38. The van der Waals surface area contributed by atoms with Crippen LogP contribution in [0.15, 0.2) is 24.3 Å². The lowest BCUT2D eigenvalue weighted by molar-refractivity contribution is 0.0837. The van der Waals surface area contributed by atoms with Crippen molar-refractivity contribution in [2.24, 2.45) is 5.92 Å². The minimum absolute atomic E-state index is 0.237. The minimum atomic E-state index is -0.502. The predicted octanol–water partition coefficient (Wildman–Crippen LogP) is 2.59. The molecule has 1 aliphatic rings. The number of aliphatic hydroxyl groups is 1. The van der Waals surface area contributed by atoms with Gasteiger partial charge in [0.15, 0.2) is 0 Å². The Hall–Kier alpha value is -1.88. The molecule has 1 heterocycles. The second-order valence-electron chi connectivity index (χ2n) is 5.71. The van der Waals surface area contributed by atoms with Crippen LogP contribution in [0.1, 0.15) is 36.2 Å². The highest BCUT2D eigenvalue weighted by atomic mass is 19.1. The van der Waals surface area contributed by atoms with Crippen molar-refractivity contribution in [3.63, 3.8) is 0 Å². The average Bonchev–Trinajstić information content (AvgIpc) is 3.13. The second-order valence-corrected chi connectivity index (χ2v) is 5.71. The SMILES string of the molecule is O=C(NCC(O)C1CCCC1)c1cc2c(F)cccc2[nH]1. The molecule has 3 N–H and O–H groups in total. The molecule has 1 saturated carbocycles. The third kappa shape index (κ3) is 2.93. The quantitative estimate of drug-likeness (QED) is 0.810. The van der Waals surface area contributed by atoms with Gasteiger partial charge in [-0.3, -0.25) is 4.79 Å². The van der Waals surface area contributed by atoms with Gasteiger partial charge in [-0.1, -0.05) is 18.9 Å². The Bertz CT molecular complexity index is 647. The van der Waals surface area contributed by atoms with Crippen LogP contribution in [0.25, 0.3) is 10.9 Å². The predicted molar refractivity (Wildman–Crippen MR) is 78.6 cm³/mol. The highest BCUT2D eigenvalue weighted by Gasteiger charge is 2.23. The fraction of sp³-hybridized carbons (Fsp3) is 0.438. The number of hydrogen-bond acceptors (Lipinski definition) is 2. The van der Waals surface area contributed by atoms with Crippen LogP contribution >= 0.6 is 0 Å². The average molecular weight is 290 g/mol. The number of H-pyrrole nitrogens is 1. The van der Waals surface area contributed by atoms with Crippen molar-refractivity contribution in [2.75, 3.05) is 6.54 Å². The van der Waals surface area contributed by atoms with Gasteiger partial charge in [-0.05, 0) is 37.0 Å². The number of carbonyl (C=O) groups is 1. The summed E-state index contributed by atoms with van der Waals surface area (Å²) in [5.41, 5.74) is 0.908. The summed E-state index contributed by atoms with van der Waals surface area (Å²) in [5, 5.41) is 13.2. The Morgan fingerprint density at radius 1 is 1.43 bits per heavy atom. The van der Waals surface area contributed by atoms with Gasteiger partial charge in [-0.2, -0.15) is 0 Å². The molecule has 1 aromatic heterocycles. The Morgan fingerprint density at radius 3 is 2.90 bits per heavy atom. The zero-order valence-corrected chi connectivity index (χ0v) is 11.7. The molecule has 21 heavy (non-hydrogen) atoms. The molecule has 0 radical (unpaired) electrons. The topological polar surface area (TPSA) is 65.1 Å². The fourth-order valence-corrected chi connectivity index (χ4v) is 3.04. The van der Waals surface area contributed by atoms with E-state index < -0.39 is 6.10 Å². The standard InChI is InChI=1S/C16H19FN2O2/c17-12-6-3-7-13-11(12)8-14(19-13)16(21)18-9-15(20)10-4-1-2-5-10/h3,6-8,10,15,19-20H,1-2,4-5,9H2,(H,18,21). The van der Waals surface area contributed by atoms with E-state index in [0.29, 0.717) is 16.6 Å². The molecule has 1 aliphatic carbocycles. The third-order valence-corrected chi connectivity index (χ3v) is 4.27. The minimum Gasteiger partial charge on any atom is -0.391 e. The zero-order chi connectivity index (χ0) is 14.8. The van der Waals surface area contributed by atoms with E-state index in [2.05, 4.69) is 10.3 Å². The molecule has 1 unspecified atom stereocenters. The number of aliphatic hydroxyl groups excluding tert-OH is 1. The van der Waals surface area contributed by atoms with Crippen molar-refractivity contribution >= 4 is 16.8 Å². The van der Waals surface area contributed by atoms with Crippen LogP contribution in [-0.2, 0) is 0 Å². The molecular weight excluding hydrogens is 271 g/mol. The van der Waals surface area contributed by atoms with Gasteiger partial charge in [0.05, 0.1) is 6.10 Å². The van der Waals surface area contributed by atoms with Gasteiger partial charge in [0.2, 0.25) is 0 Å². The monoisotopic (exact) mass is 290 g/mol. The molecule has 1 amide bonds. The second kappa shape index (κ2) is 5.85. The first-order chi connectivity index (χ1) is 10.1. The number of fused-ring (bicyclic) bond motifs is 1. The van der Waals surface area contributed by atoms with Crippen LogP contribution in [0.3, 0.4) is 0 Å². The van der Waals surface area contributed by atoms with Crippen molar-refractivity contribution in [3.8, 4) is 0 Å². The maximum absolute atomic E-state index is 13.6. The number of rotatable bonds is 4. The van der Waals surface area contributed by atoms with Crippen molar-refractivity contribution in [2.45, 2.75) is 31.8 Å². The highest BCUT2D eigenvalue weighted by molar-refractivity contribution is 5.98.